The molecule has 2 aromatic carbocycles. The number of carbonyl (C=O) groups is 1. The zero-order valence-corrected chi connectivity index (χ0v) is 19.2. The molecule has 1 saturated heterocycles. The van der Waals surface area contributed by atoms with Crippen LogP contribution in [-0.2, 0) is 16.4 Å². The van der Waals surface area contributed by atoms with Crippen LogP contribution in [0.5, 0.6) is 0 Å². The monoisotopic (exact) mass is 440 g/mol. The number of fused-ring (bicyclic) bond motifs is 1. The van der Waals surface area contributed by atoms with Crippen LogP contribution in [0.15, 0.2) is 39.6 Å². The Morgan fingerprint density at radius 1 is 1.10 bits per heavy atom. The van der Waals surface area contributed by atoms with Gasteiger partial charge in [-0.25, -0.2) is 8.42 Å². The highest BCUT2D eigenvalue weighted by atomic mass is 32.2. The van der Waals surface area contributed by atoms with Gasteiger partial charge in [0, 0.05) is 29.7 Å². The summed E-state index contributed by atoms with van der Waals surface area (Å²) in [5.74, 6) is 0.0554. The average Bonchev–Trinajstić information content (AvgIpc) is 3.37. The zero-order chi connectivity index (χ0) is 22.3. The first kappa shape index (κ1) is 21.4. The normalized spacial score (nSPS) is 14.4. The zero-order valence-electron chi connectivity index (χ0n) is 18.4. The molecular weight excluding hydrogens is 412 g/mol. The predicted octanol–water partition coefficient (Wildman–Crippen LogP) is 4.96. The Hall–Kier alpha value is -2.80. The summed E-state index contributed by atoms with van der Waals surface area (Å²) in [6.07, 6.45) is 2.76. The van der Waals surface area contributed by atoms with E-state index in [9.17, 15) is 13.2 Å². The highest BCUT2D eigenvalue weighted by Crippen LogP contribution is 2.36. The summed E-state index contributed by atoms with van der Waals surface area (Å²) in [7, 11) is -3.93. The largest absolute Gasteiger partial charge is 0.449 e. The number of amides is 1. The number of likely N-dealkylation sites (tertiary alicyclic amines) is 1. The van der Waals surface area contributed by atoms with Crippen LogP contribution in [0.3, 0.4) is 0 Å². The minimum Gasteiger partial charge on any atom is -0.449 e. The number of carbonyl (C=O) groups excluding carboxylic acids is 1. The Morgan fingerprint density at radius 2 is 1.81 bits per heavy atom. The van der Waals surface area contributed by atoms with E-state index in [0.717, 1.165) is 30.4 Å². The number of nitrogens with zero attached hydrogens (tertiary/aromatic N) is 1. The Labute approximate surface area is 183 Å². The van der Waals surface area contributed by atoms with Gasteiger partial charge in [-0.2, -0.15) is 0 Å². The molecule has 0 bridgehead atoms. The number of aryl methyl sites for hydroxylation is 3. The van der Waals surface area contributed by atoms with E-state index < -0.39 is 10.0 Å². The molecule has 1 aromatic heterocycles. The maximum Gasteiger partial charge on any atom is 0.289 e. The average molecular weight is 441 g/mol. The molecule has 4 rings (SSSR count). The molecule has 1 aliphatic rings. The van der Waals surface area contributed by atoms with E-state index in [1.807, 2.05) is 45.0 Å². The smallest absolute Gasteiger partial charge is 0.289 e. The molecule has 1 fully saturated rings. The van der Waals surface area contributed by atoms with Crippen molar-refractivity contribution in [2.24, 2.45) is 0 Å². The molecule has 2 heterocycles. The number of anilines is 1. The Balaban J connectivity index is 1.85. The fourth-order valence-corrected chi connectivity index (χ4v) is 5.69. The van der Waals surface area contributed by atoms with Crippen molar-refractivity contribution in [3.05, 3.63) is 58.3 Å². The predicted molar refractivity (Wildman–Crippen MR) is 122 cm³/mol. The molecule has 0 spiro atoms. The van der Waals surface area contributed by atoms with Crippen LogP contribution >= 0.6 is 0 Å². The van der Waals surface area contributed by atoms with Gasteiger partial charge in [-0.05, 0) is 74.9 Å². The maximum atomic E-state index is 13.5. The second kappa shape index (κ2) is 8.04. The first-order valence-corrected chi connectivity index (χ1v) is 12.2. The van der Waals surface area contributed by atoms with E-state index in [2.05, 4.69) is 4.72 Å². The lowest BCUT2D eigenvalue weighted by molar-refractivity contribution is 0.0762. The van der Waals surface area contributed by atoms with Gasteiger partial charge in [-0.3, -0.25) is 9.52 Å². The molecule has 0 atom stereocenters. The van der Waals surface area contributed by atoms with Gasteiger partial charge in [0.1, 0.15) is 4.90 Å². The number of benzene rings is 2. The minimum atomic E-state index is -3.93. The molecule has 0 radical (unpaired) electrons. The van der Waals surface area contributed by atoms with Crippen molar-refractivity contribution >= 4 is 32.6 Å². The van der Waals surface area contributed by atoms with E-state index in [1.54, 1.807) is 17.9 Å². The highest BCUT2D eigenvalue weighted by Gasteiger charge is 2.30. The van der Waals surface area contributed by atoms with E-state index in [4.69, 9.17) is 4.42 Å². The number of hydrogen-bond acceptors (Lipinski definition) is 4. The van der Waals surface area contributed by atoms with Gasteiger partial charge >= 0.3 is 0 Å². The van der Waals surface area contributed by atoms with Crippen LogP contribution in [-0.4, -0.2) is 32.3 Å². The summed E-state index contributed by atoms with van der Waals surface area (Å²) >= 11 is 0. The Kier molecular flexibility index (Phi) is 5.56. The molecule has 31 heavy (non-hydrogen) atoms. The van der Waals surface area contributed by atoms with Gasteiger partial charge in [0.2, 0.25) is 0 Å². The molecule has 0 saturated carbocycles. The van der Waals surface area contributed by atoms with Gasteiger partial charge in [0.05, 0.1) is 0 Å². The Bertz CT molecular complexity index is 1270. The number of sulfonamides is 1. The third-order valence-corrected chi connectivity index (χ3v) is 7.67. The Morgan fingerprint density at radius 3 is 2.48 bits per heavy atom. The molecule has 164 valence electrons. The first-order valence-electron chi connectivity index (χ1n) is 10.7. The molecular formula is C24H28N2O4S. The van der Waals surface area contributed by atoms with Crippen molar-refractivity contribution in [2.45, 2.75) is 51.9 Å². The van der Waals surface area contributed by atoms with Crippen LogP contribution < -0.4 is 4.72 Å². The number of nitrogens with one attached hydrogen (secondary N) is 1. The molecule has 6 nitrogen and oxygen atoms in total. The summed E-state index contributed by atoms with van der Waals surface area (Å²) in [4.78, 5) is 14.9. The van der Waals surface area contributed by atoms with Crippen molar-refractivity contribution in [2.75, 3.05) is 17.8 Å². The summed E-state index contributed by atoms with van der Waals surface area (Å²) in [5, 5.41) is 0.660. The summed E-state index contributed by atoms with van der Waals surface area (Å²) in [6.45, 7) is 8.89. The van der Waals surface area contributed by atoms with Gasteiger partial charge < -0.3 is 9.32 Å². The standard InChI is InChI=1S/C24H28N2O4S/c1-5-18-9-8-10-19(14-18)25-31(28,29)23-16(3)15(2)13-20-17(4)21(30-22(20)23)24(27)26-11-6-7-12-26/h8-10,13-14,25H,5-7,11-12H2,1-4H3. The lowest BCUT2D eigenvalue weighted by atomic mass is 10.0. The molecule has 7 heteroatoms. The van der Waals surface area contributed by atoms with Gasteiger partial charge in [0.15, 0.2) is 11.3 Å². The van der Waals surface area contributed by atoms with E-state index in [-0.39, 0.29) is 22.1 Å². The second-order valence-electron chi connectivity index (χ2n) is 8.24. The lowest BCUT2D eigenvalue weighted by Crippen LogP contribution is -2.27. The number of hydrogen-bond donors (Lipinski definition) is 1. The van der Waals surface area contributed by atoms with Crippen LogP contribution in [0.2, 0.25) is 0 Å². The SMILES string of the molecule is CCc1cccc(NS(=O)(=O)c2c(C)c(C)cc3c(C)c(C(=O)N4CCCC4)oc23)c1. The van der Waals surface area contributed by atoms with Crippen molar-refractivity contribution in [1.29, 1.82) is 0 Å². The summed E-state index contributed by atoms with van der Waals surface area (Å²) in [5.41, 5.74) is 3.91. The molecule has 3 aromatic rings. The number of rotatable bonds is 5. The van der Waals surface area contributed by atoms with Crippen LogP contribution in [0, 0.1) is 20.8 Å². The molecule has 0 aliphatic carbocycles. The quantitative estimate of drug-likeness (QED) is 0.608. The van der Waals surface area contributed by atoms with Crippen molar-refractivity contribution in [3.8, 4) is 0 Å². The van der Waals surface area contributed by atoms with Gasteiger partial charge in [-0.15, -0.1) is 0 Å². The van der Waals surface area contributed by atoms with E-state index in [0.29, 0.717) is 35.3 Å². The highest BCUT2D eigenvalue weighted by molar-refractivity contribution is 7.93. The molecule has 0 unspecified atom stereocenters. The molecule has 1 aliphatic heterocycles. The van der Waals surface area contributed by atoms with Gasteiger partial charge in [-0.1, -0.05) is 19.1 Å². The molecule has 1 N–H and O–H groups in total. The third-order valence-electron chi connectivity index (χ3n) is 6.14. The fraction of sp³-hybridized carbons (Fsp3) is 0.375. The summed E-state index contributed by atoms with van der Waals surface area (Å²) < 4.78 is 35.6. The third kappa shape index (κ3) is 3.82. The van der Waals surface area contributed by atoms with E-state index in [1.165, 1.54) is 0 Å². The minimum absolute atomic E-state index is 0.0907. The van der Waals surface area contributed by atoms with Crippen LogP contribution in [0.4, 0.5) is 5.69 Å². The fourth-order valence-electron chi connectivity index (χ4n) is 4.20. The van der Waals surface area contributed by atoms with E-state index >= 15 is 0 Å². The number of furan rings is 1. The van der Waals surface area contributed by atoms with Crippen LogP contribution in [0.1, 0.15) is 52.6 Å². The lowest BCUT2D eigenvalue weighted by Gasteiger charge is -2.14. The maximum absolute atomic E-state index is 13.5. The van der Waals surface area contributed by atoms with Crippen LogP contribution in [0.25, 0.3) is 11.0 Å². The topological polar surface area (TPSA) is 79.6 Å². The first-order chi connectivity index (χ1) is 14.7. The van der Waals surface area contributed by atoms with Crippen molar-refractivity contribution in [1.82, 2.24) is 4.90 Å². The van der Waals surface area contributed by atoms with Crippen molar-refractivity contribution < 1.29 is 17.6 Å². The second-order valence-corrected chi connectivity index (χ2v) is 9.86. The van der Waals surface area contributed by atoms with Crippen molar-refractivity contribution in [3.63, 3.8) is 0 Å². The summed E-state index contributed by atoms with van der Waals surface area (Å²) in [6, 6.07) is 9.25. The molecule has 1 amide bonds. The van der Waals surface area contributed by atoms with Gasteiger partial charge in [0.25, 0.3) is 15.9 Å².